The second-order valence-electron chi connectivity index (χ2n) is 7.98. The summed E-state index contributed by atoms with van der Waals surface area (Å²) in [5, 5.41) is 11.3. The van der Waals surface area contributed by atoms with E-state index in [9.17, 15) is 14.3 Å². The maximum Gasteiger partial charge on any atom is 0.247 e. The number of benzene rings is 2. The van der Waals surface area contributed by atoms with E-state index in [-0.39, 0.29) is 23.7 Å². The van der Waals surface area contributed by atoms with Crippen molar-refractivity contribution in [2.24, 2.45) is 5.92 Å². The normalized spacial score (nSPS) is 27.6. The maximum absolute atomic E-state index is 13.5. The molecule has 0 aromatic heterocycles. The van der Waals surface area contributed by atoms with Crippen molar-refractivity contribution in [3.8, 4) is 0 Å². The summed E-state index contributed by atoms with van der Waals surface area (Å²) >= 11 is 0. The fraction of sp³-hybridized carbons (Fsp3) is 0.375. The minimum atomic E-state index is -0.739. The molecule has 146 valence electrons. The number of halogens is 1. The number of likely N-dealkylation sites (tertiary alicyclic amines) is 1. The van der Waals surface area contributed by atoms with Gasteiger partial charge in [-0.05, 0) is 48.6 Å². The van der Waals surface area contributed by atoms with E-state index in [4.69, 9.17) is 0 Å². The molecule has 2 aromatic carbocycles. The third-order valence-corrected chi connectivity index (χ3v) is 6.28. The maximum atomic E-state index is 13.5. The van der Waals surface area contributed by atoms with Crippen molar-refractivity contribution in [1.82, 2.24) is 4.90 Å². The molecule has 0 spiro atoms. The van der Waals surface area contributed by atoms with Gasteiger partial charge in [0.1, 0.15) is 5.82 Å². The van der Waals surface area contributed by atoms with Crippen LogP contribution < -0.4 is 0 Å². The van der Waals surface area contributed by atoms with Crippen LogP contribution in [0.5, 0.6) is 0 Å². The van der Waals surface area contributed by atoms with E-state index in [1.807, 2.05) is 41.3 Å². The predicted molar refractivity (Wildman–Crippen MR) is 108 cm³/mol. The van der Waals surface area contributed by atoms with Crippen molar-refractivity contribution >= 4 is 12.0 Å². The Morgan fingerprint density at radius 2 is 1.82 bits per heavy atom. The van der Waals surface area contributed by atoms with Crippen LogP contribution in [-0.4, -0.2) is 28.1 Å². The molecule has 3 nitrogen and oxygen atoms in total. The number of carbonyl (C=O) groups excluding carboxylic acids is 1. The SMILES string of the molecule is O=C(/C=C/c1ccccc1)N1CCC2(O)CCCCC2C1c1ccc(F)cc1. The molecule has 1 aliphatic heterocycles. The Morgan fingerprint density at radius 3 is 2.57 bits per heavy atom. The van der Waals surface area contributed by atoms with E-state index in [0.717, 1.165) is 36.8 Å². The highest BCUT2D eigenvalue weighted by Crippen LogP contribution is 2.49. The quantitative estimate of drug-likeness (QED) is 0.783. The summed E-state index contributed by atoms with van der Waals surface area (Å²) in [4.78, 5) is 14.9. The van der Waals surface area contributed by atoms with E-state index in [2.05, 4.69) is 0 Å². The van der Waals surface area contributed by atoms with Crippen molar-refractivity contribution in [2.45, 2.75) is 43.7 Å². The van der Waals surface area contributed by atoms with E-state index < -0.39 is 5.60 Å². The van der Waals surface area contributed by atoms with Crippen LogP contribution >= 0.6 is 0 Å². The molecule has 2 fully saturated rings. The topological polar surface area (TPSA) is 40.5 Å². The Labute approximate surface area is 165 Å². The molecule has 3 unspecified atom stereocenters. The molecule has 1 saturated carbocycles. The Kier molecular flexibility index (Phi) is 5.31. The fourth-order valence-corrected chi connectivity index (χ4v) is 4.83. The molecule has 28 heavy (non-hydrogen) atoms. The highest BCUT2D eigenvalue weighted by atomic mass is 19.1. The van der Waals surface area contributed by atoms with Gasteiger partial charge >= 0.3 is 0 Å². The number of nitrogens with zero attached hydrogens (tertiary/aromatic N) is 1. The lowest BCUT2D eigenvalue weighted by Gasteiger charge is -2.52. The van der Waals surface area contributed by atoms with Crippen molar-refractivity contribution in [1.29, 1.82) is 0 Å². The van der Waals surface area contributed by atoms with Gasteiger partial charge in [0.15, 0.2) is 0 Å². The third-order valence-electron chi connectivity index (χ3n) is 6.28. The van der Waals surface area contributed by atoms with Gasteiger partial charge in [-0.15, -0.1) is 0 Å². The smallest absolute Gasteiger partial charge is 0.247 e. The van der Waals surface area contributed by atoms with Crippen molar-refractivity contribution in [2.75, 3.05) is 6.54 Å². The van der Waals surface area contributed by atoms with Crippen LogP contribution in [0.1, 0.15) is 49.3 Å². The molecule has 3 atom stereocenters. The van der Waals surface area contributed by atoms with Crippen LogP contribution in [0.15, 0.2) is 60.7 Å². The van der Waals surface area contributed by atoms with Crippen LogP contribution in [0.2, 0.25) is 0 Å². The fourth-order valence-electron chi connectivity index (χ4n) is 4.83. The molecule has 1 heterocycles. The molecule has 1 saturated heterocycles. The Hall–Kier alpha value is -2.46. The number of fused-ring (bicyclic) bond motifs is 1. The zero-order valence-electron chi connectivity index (χ0n) is 15.9. The van der Waals surface area contributed by atoms with Gasteiger partial charge in [0.05, 0.1) is 11.6 Å². The number of hydrogen-bond donors (Lipinski definition) is 1. The van der Waals surface area contributed by atoms with Gasteiger partial charge in [-0.1, -0.05) is 55.3 Å². The average Bonchev–Trinajstić information content (AvgIpc) is 2.72. The summed E-state index contributed by atoms with van der Waals surface area (Å²) in [7, 11) is 0. The third kappa shape index (κ3) is 3.74. The molecule has 1 N–H and O–H groups in total. The molecular weight excluding hydrogens is 353 g/mol. The first-order valence-corrected chi connectivity index (χ1v) is 10.1. The molecule has 2 aromatic rings. The summed E-state index contributed by atoms with van der Waals surface area (Å²) in [5.41, 5.74) is 1.13. The second kappa shape index (κ2) is 7.88. The van der Waals surface area contributed by atoms with Crippen molar-refractivity contribution < 1.29 is 14.3 Å². The minimum absolute atomic E-state index is 0.0189. The van der Waals surface area contributed by atoms with Crippen LogP contribution in [0.4, 0.5) is 4.39 Å². The number of hydrogen-bond acceptors (Lipinski definition) is 2. The van der Waals surface area contributed by atoms with E-state index in [0.29, 0.717) is 13.0 Å². The first-order valence-electron chi connectivity index (χ1n) is 10.1. The van der Waals surface area contributed by atoms with Gasteiger partial charge in [-0.25, -0.2) is 4.39 Å². The number of aliphatic hydroxyl groups is 1. The number of carbonyl (C=O) groups is 1. The van der Waals surface area contributed by atoms with Gasteiger partial charge in [0, 0.05) is 18.5 Å². The summed E-state index contributed by atoms with van der Waals surface area (Å²) in [6, 6.07) is 15.9. The van der Waals surface area contributed by atoms with Crippen molar-refractivity contribution in [3.05, 3.63) is 77.6 Å². The lowest BCUT2D eigenvalue weighted by atomic mass is 9.66. The van der Waals surface area contributed by atoms with Crippen LogP contribution in [0.25, 0.3) is 6.08 Å². The first-order chi connectivity index (χ1) is 13.6. The van der Waals surface area contributed by atoms with Crippen LogP contribution in [0.3, 0.4) is 0 Å². The monoisotopic (exact) mass is 379 g/mol. The Morgan fingerprint density at radius 1 is 1.07 bits per heavy atom. The number of rotatable bonds is 3. The van der Waals surface area contributed by atoms with Gasteiger partial charge in [0.2, 0.25) is 5.91 Å². The molecule has 1 amide bonds. The summed E-state index contributed by atoms with van der Waals surface area (Å²) in [6.07, 6.45) is 7.75. The molecule has 1 aliphatic carbocycles. The number of piperidine rings is 1. The van der Waals surface area contributed by atoms with Crippen molar-refractivity contribution in [3.63, 3.8) is 0 Å². The average molecular weight is 379 g/mol. The van der Waals surface area contributed by atoms with Gasteiger partial charge < -0.3 is 10.0 Å². The summed E-state index contributed by atoms with van der Waals surface area (Å²) in [5.74, 6) is -0.374. The van der Waals surface area contributed by atoms with E-state index in [1.54, 1.807) is 18.2 Å². The lowest BCUT2D eigenvalue weighted by Crippen LogP contribution is -2.56. The van der Waals surface area contributed by atoms with Crippen LogP contribution in [-0.2, 0) is 4.79 Å². The molecule has 0 bridgehead atoms. The molecular formula is C24H26FNO2. The zero-order chi connectivity index (χ0) is 19.6. The van der Waals surface area contributed by atoms with Gasteiger partial charge in [-0.3, -0.25) is 4.79 Å². The molecule has 4 rings (SSSR count). The Balaban J connectivity index is 1.65. The molecule has 4 heteroatoms. The predicted octanol–water partition coefficient (Wildman–Crippen LogP) is 4.73. The minimum Gasteiger partial charge on any atom is -0.389 e. The summed E-state index contributed by atoms with van der Waals surface area (Å²) in [6.45, 7) is 0.507. The lowest BCUT2D eigenvalue weighted by molar-refractivity contribution is -0.150. The van der Waals surface area contributed by atoms with Gasteiger partial charge in [0.25, 0.3) is 0 Å². The Bertz CT molecular complexity index is 849. The first kappa shape index (κ1) is 18.9. The number of amides is 1. The van der Waals surface area contributed by atoms with Crippen LogP contribution in [0, 0.1) is 11.7 Å². The molecule has 2 aliphatic rings. The second-order valence-corrected chi connectivity index (χ2v) is 7.98. The summed E-state index contributed by atoms with van der Waals surface area (Å²) < 4.78 is 13.5. The highest BCUT2D eigenvalue weighted by Gasteiger charge is 2.49. The van der Waals surface area contributed by atoms with E-state index in [1.165, 1.54) is 12.1 Å². The van der Waals surface area contributed by atoms with Gasteiger partial charge in [-0.2, -0.15) is 0 Å². The largest absolute Gasteiger partial charge is 0.389 e. The van der Waals surface area contributed by atoms with E-state index >= 15 is 0 Å². The zero-order valence-corrected chi connectivity index (χ0v) is 15.9. The molecule has 0 radical (unpaired) electrons. The highest BCUT2D eigenvalue weighted by molar-refractivity contribution is 5.92. The standard InChI is InChI=1S/C24H26FNO2/c25-20-12-10-19(11-13-20)23-21-8-4-5-15-24(21,28)16-17-26(23)22(27)14-9-18-6-2-1-3-7-18/h1-3,6-7,9-14,21,23,28H,4-5,8,15-17H2/b14-9+.